The van der Waals surface area contributed by atoms with Crippen molar-refractivity contribution in [2.45, 2.75) is 24.1 Å². The molecule has 1 aliphatic rings. The van der Waals surface area contributed by atoms with Crippen LogP contribution in [0.3, 0.4) is 0 Å². The van der Waals surface area contributed by atoms with Gasteiger partial charge in [-0.3, -0.25) is 9.35 Å². The van der Waals surface area contributed by atoms with Gasteiger partial charge >= 0.3 is 0 Å². The van der Waals surface area contributed by atoms with Gasteiger partial charge in [0, 0.05) is 0 Å². The van der Waals surface area contributed by atoms with Crippen LogP contribution in [-0.2, 0) is 24.7 Å². The molecule has 0 aromatic carbocycles. The van der Waals surface area contributed by atoms with Gasteiger partial charge in [-0.2, -0.15) is 8.42 Å². The second kappa shape index (κ2) is 6.63. The van der Waals surface area contributed by atoms with Crippen LogP contribution in [0, 0.1) is 0 Å². The van der Waals surface area contributed by atoms with Crippen molar-refractivity contribution in [2.75, 3.05) is 45.3 Å². The molecule has 1 rings (SSSR count). The fourth-order valence-electron chi connectivity index (χ4n) is 2.72. The van der Waals surface area contributed by atoms with Crippen molar-refractivity contribution in [3.8, 4) is 0 Å². The third-order valence-corrected chi connectivity index (χ3v) is 7.57. The van der Waals surface area contributed by atoms with Crippen molar-refractivity contribution in [2.24, 2.45) is 0 Å². The minimum absolute atomic E-state index is 0.0323. The Hall–Kier alpha value is -0.750. The summed E-state index contributed by atoms with van der Waals surface area (Å²) in [7, 11) is -4.63. The Morgan fingerprint density at radius 3 is 2.39 bits per heavy atom. The van der Waals surface area contributed by atoms with Crippen LogP contribution < -0.4 is 5.32 Å². The summed E-state index contributed by atoms with van der Waals surface area (Å²) in [5.41, 5.74) is -1.56. The van der Waals surface area contributed by atoms with Gasteiger partial charge in [0.25, 0.3) is 10.1 Å². The SMILES string of the molecule is C[C@@]1(NC(=O)CC[N+](C)(C)CCO)CS(=O)(=O)C[C@@H]1S(=O)(=O)O. The zero-order chi connectivity index (χ0) is 18.1. The zero-order valence-corrected chi connectivity index (χ0v) is 15.2. The number of amides is 1. The van der Waals surface area contributed by atoms with Crippen LogP contribution in [0.15, 0.2) is 0 Å². The van der Waals surface area contributed by atoms with Gasteiger partial charge in [-0.15, -0.1) is 0 Å². The lowest BCUT2D eigenvalue weighted by atomic mass is 10.0. The zero-order valence-electron chi connectivity index (χ0n) is 13.5. The predicted octanol–water partition coefficient (Wildman–Crippen LogP) is -2.00. The van der Waals surface area contributed by atoms with E-state index in [2.05, 4.69) is 5.32 Å². The molecule has 0 unspecified atom stereocenters. The Bertz CT molecular complexity index is 657. The first-order chi connectivity index (χ1) is 10.2. The molecule has 136 valence electrons. The molecule has 1 heterocycles. The van der Waals surface area contributed by atoms with E-state index in [1.54, 1.807) is 0 Å². The second-order valence-corrected chi connectivity index (χ2v) is 10.6. The van der Waals surface area contributed by atoms with E-state index in [-0.39, 0.29) is 13.0 Å². The van der Waals surface area contributed by atoms with Gasteiger partial charge in [0.05, 0.1) is 50.7 Å². The average Bonchev–Trinajstić information content (AvgIpc) is 2.56. The fraction of sp³-hybridized carbons (Fsp3) is 0.917. The molecule has 1 saturated heterocycles. The number of quaternary nitrogens is 1. The number of nitrogens with one attached hydrogen (secondary N) is 1. The molecule has 9 nitrogen and oxygen atoms in total. The fourth-order valence-corrected chi connectivity index (χ4v) is 7.07. The summed E-state index contributed by atoms with van der Waals surface area (Å²) in [6, 6.07) is 0. The predicted molar refractivity (Wildman–Crippen MR) is 84.1 cm³/mol. The Balaban J connectivity index is 2.82. The lowest BCUT2D eigenvalue weighted by Crippen LogP contribution is -2.57. The highest BCUT2D eigenvalue weighted by atomic mass is 32.2. The van der Waals surface area contributed by atoms with Crippen molar-refractivity contribution in [1.82, 2.24) is 5.32 Å². The number of rotatable bonds is 7. The number of hydrogen-bond acceptors (Lipinski definition) is 6. The molecule has 1 fully saturated rings. The smallest absolute Gasteiger partial charge is 0.271 e. The number of carbonyl (C=O) groups excluding carboxylic acids is 1. The normalized spacial score (nSPS) is 27.8. The Morgan fingerprint density at radius 1 is 1.35 bits per heavy atom. The summed E-state index contributed by atoms with van der Waals surface area (Å²) in [5, 5.41) is 9.82. The van der Waals surface area contributed by atoms with Gasteiger partial charge in [0.15, 0.2) is 9.84 Å². The lowest BCUT2D eigenvalue weighted by Gasteiger charge is -2.31. The maximum atomic E-state index is 12.1. The largest absolute Gasteiger partial charge is 0.391 e. The second-order valence-electron chi connectivity index (χ2n) is 6.88. The molecule has 0 aliphatic carbocycles. The minimum atomic E-state index is -4.61. The van der Waals surface area contributed by atoms with Gasteiger partial charge in [0.2, 0.25) is 5.91 Å². The Kier molecular flexibility index (Phi) is 5.85. The monoisotopic (exact) mass is 373 g/mol. The van der Waals surface area contributed by atoms with Crippen molar-refractivity contribution >= 4 is 25.9 Å². The molecule has 11 heteroatoms. The Morgan fingerprint density at radius 2 is 1.91 bits per heavy atom. The van der Waals surface area contributed by atoms with E-state index in [1.807, 2.05) is 14.1 Å². The van der Waals surface area contributed by atoms with E-state index in [1.165, 1.54) is 6.92 Å². The molecule has 23 heavy (non-hydrogen) atoms. The van der Waals surface area contributed by atoms with Gasteiger partial charge in [-0.1, -0.05) is 0 Å². The molecular weight excluding hydrogens is 348 g/mol. The number of carbonyl (C=O) groups is 1. The van der Waals surface area contributed by atoms with E-state index in [0.29, 0.717) is 17.6 Å². The molecule has 0 aromatic rings. The summed E-state index contributed by atoms with van der Waals surface area (Å²) < 4.78 is 56.0. The third kappa shape index (κ3) is 5.68. The summed E-state index contributed by atoms with van der Waals surface area (Å²) in [6.07, 6.45) is 0.0425. The first kappa shape index (κ1) is 20.3. The van der Waals surface area contributed by atoms with Crippen molar-refractivity contribution in [1.29, 1.82) is 0 Å². The highest BCUT2D eigenvalue weighted by Gasteiger charge is 2.54. The average molecular weight is 373 g/mol. The van der Waals surface area contributed by atoms with Crippen molar-refractivity contribution in [3.63, 3.8) is 0 Å². The van der Waals surface area contributed by atoms with Crippen molar-refractivity contribution < 1.29 is 35.8 Å². The maximum Gasteiger partial charge on any atom is 0.271 e. The molecule has 0 saturated carbocycles. The van der Waals surface area contributed by atoms with Gasteiger partial charge in [-0.25, -0.2) is 8.42 Å². The standard InChI is InChI=1S/C12H24N2O7S2/c1-12(9-22(17,18)8-10(12)23(19,20)21)13-11(16)4-5-14(2,3)6-7-15/h10,15H,4-9H2,1-3H3,(H-,13,16,19,20,21)/p+1/t10-,12+/m0/s1. The maximum absolute atomic E-state index is 12.1. The Labute approximate surface area is 136 Å². The summed E-state index contributed by atoms with van der Waals surface area (Å²) in [4.78, 5) is 12.1. The molecule has 0 radical (unpaired) electrons. The highest BCUT2D eigenvalue weighted by Crippen LogP contribution is 2.29. The molecule has 1 aliphatic heterocycles. The van der Waals surface area contributed by atoms with Crippen LogP contribution in [0.4, 0.5) is 0 Å². The van der Waals surface area contributed by atoms with Gasteiger partial charge < -0.3 is 14.9 Å². The molecular formula is C12H25N2O7S2+. The van der Waals surface area contributed by atoms with E-state index in [9.17, 15) is 26.2 Å². The van der Waals surface area contributed by atoms with Crippen LogP contribution in [0.2, 0.25) is 0 Å². The van der Waals surface area contributed by atoms with Crippen LogP contribution in [-0.4, -0.2) is 93.0 Å². The third-order valence-electron chi connectivity index (χ3n) is 4.07. The summed E-state index contributed by atoms with van der Waals surface area (Å²) in [6.45, 7) is 2.12. The molecule has 2 atom stereocenters. The number of sulfone groups is 1. The van der Waals surface area contributed by atoms with Crippen molar-refractivity contribution in [3.05, 3.63) is 0 Å². The molecule has 3 N–H and O–H groups in total. The quantitative estimate of drug-likeness (QED) is 0.347. The van der Waals surface area contributed by atoms with Crippen LogP contribution in [0.1, 0.15) is 13.3 Å². The van der Waals surface area contributed by atoms with E-state index in [4.69, 9.17) is 5.11 Å². The van der Waals surface area contributed by atoms with Crippen LogP contribution in [0.5, 0.6) is 0 Å². The topological polar surface area (TPSA) is 138 Å². The molecule has 0 spiro atoms. The lowest BCUT2D eigenvalue weighted by molar-refractivity contribution is -0.890. The van der Waals surface area contributed by atoms with Gasteiger partial charge in [-0.05, 0) is 6.92 Å². The number of aliphatic hydroxyl groups is 1. The van der Waals surface area contributed by atoms with E-state index < -0.39 is 48.2 Å². The number of nitrogens with zero attached hydrogens (tertiary/aromatic N) is 1. The first-order valence-electron chi connectivity index (χ1n) is 7.11. The molecule has 1 amide bonds. The summed E-state index contributed by atoms with van der Waals surface area (Å²) >= 11 is 0. The summed E-state index contributed by atoms with van der Waals surface area (Å²) in [5.74, 6) is -1.75. The van der Waals surface area contributed by atoms with Crippen LogP contribution in [0.25, 0.3) is 0 Å². The highest BCUT2D eigenvalue weighted by molar-refractivity contribution is 7.94. The first-order valence-corrected chi connectivity index (χ1v) is 10.4. The minimum Gasteiger partial charge on any atom is -0.391 e. The molecule has 0 bridgehead atoms. The number of hydrogen-bond donors (Lipinski definition) is 3. The molecule has 0 aromatic heterocycles. The van der Waals surface area contributed by atoms with Crippen LogP contribution >= 0.6 is 0 Å². The number of aliphatic hydroxyl groups excluding tert-OH is 1. The van der Waals surface area contributed by atoms with Gasteiger partial charge in [0.1, 0.15) is 11.8 Å². The van der Waals surface area contributed by atoms with E-state index >= 15 is 0 Å². The number of likely N-dealkylation sites (N-methyl/N-ethyl adjacent to an activating group) is 1. The van der Waals surface area contributed by atoms with E-state index in [0.717, 1.165) is 0 Å².